The number of imide groups is 1. The second kappa shape index (κ2) is 7.12. The number of halogens is 1. The van der Waals surface area contributed by atoms with Crippen LogP contribution >= 0.6 is 15.9 Å². The van der Waals surface area contributed by atoms with E-state index in [1.807, 2.05) is 0 Å². The molecule has 11 nitrogen and oxygen atoms in total. The van der Waals surface area contributed by atoms with Crippen LogP contribution in [0.1, 0.15) is 5.89 Å². The number of amides is 2. The Morgan fingerprint density at radius 1 is 1.03 bits per heavy atom. The van der Waals surface area contributed by atoms with Gasteiger partial charge in [-0.3, -0.25) is 14.6 Å². The molecule has 0 aliphatic carbocycles. The summed E-state index contributed by atoms with van der Waals surface area (Å²) in [6.07, 6.45) is 0. The average Bonchev–Trinajstić information content (AvgIpc) is 3.57. The number of nitrogens with zero attached hydrogens (tertiary/aromatic N) is 6. The smallest absolute Gasteiger partial charge is 0.263 e. The summed E-state index contributed by atoms with van der Waals surface area (Å²) >= 11 is 3.35. The van der Waals surface area contributed by atoms with Gasteiger partial charge in [0.1, 0.15) is 6.54 Å². The molecule has 2 unspecified atom stereocenters. The van der Waals surface area contributed by atoms with Gasteiger partial charge >= 0.3 is 0 Å². The highest BCUT2D eigenvalue weighted by Gasteiger charge is 2.55. The van der Waals surface area contributed by atoms with E-state index in [0.29, 0.717) is 28.6 Å². The molecule has 3 aromatic rings. The molecule has 2 amide bonds. The van der Waals surface area contributed by atoms with Crippen molar-refractivity contribution in [1.29, 1.82) is 0 Å². The number of rotatable bonds is 4. The molecule has 0 saturated carbocycles. The zero-order chi connectivity index (χ0) is 21.8. The highest BCUT2D eigenvalue weighted by atomic mass is 79.9. The van der Waals surface area contributed by atoms with Gasteiger partial charge in [0.2, 0.25) is 18.5 Å². The number of aromatic nitrogens is 2. The van der Waals surface area contributed by atoms with Crippen molar-refractivity contribution in [2.45, 2.75) is 18.6 Å². The Hall–Kier alpha value is -3.80. The lowest BCUT2D eigenvalue weighted by atomic mass is 10.1. The summed E-state index contributed by atoms with van der Waals surface area (Å²) in [6, 6.07) is 10.5. The van der Waals surface area contributed by atoms with Gasteiger partial charge in [-0.2, -0.15) is 10.1 Å². The Balaban J connectivity index is 1.22. The molecule has 3 aliphatic rings. The molecule has 1 aromatic heterocycles. The molecule has 3 aliphatic heterocycles. The van der Waals surface area contributed by atoms with Crippen LogP contribution in [-0.4, -0.2) is 45.8 Å². The van der Waals surface area contributed by atoms with Gasteiger partial charge < -0.3 is 14.0 Å². The molecule has 1 fully saturated rings. The van der Waals surface area contributed by atoms with Crippen LogP contribution in [-0.2, 0) is 16.1 Å². The quantitative estimate of drug-likeness (QED) is 0.505. The summed E-state index contributed by atoms with van der Waals surface area (Å²) in [7, 11) is 0. The minimum absolute atomic E-state index is 0.0371. The molecule has 160 valence electrons. The molecule has 12 heteroatoms. The van der Waals surface area contributed by atoms with Crippen LogP contribution < -0.4 is 14.4 Å². The second-order valence-electron chi connectivity index (χ2n) is 7.26. The fourth-order valence-corrected chi connectivity index (χ4v) is 4.07. The Morgan fingerprint density at radius 2 is 1.84 bits per heavy atom. The van der Waals surface area contributed by atoms with Crippen LogP contribution in [0.4, 0.5) is 5.69 Å². The van der Waals surface area contributed by atoms with Crippen LogP contribution in [0.2, 0.25) is 0 Å². The number of carbonyl (C=O) groups is 2. The molecule has 0 spiro atoms. The zero-order valence-electron chi connectivity index (χ0n) is 16.2. The number of hydrogen-bond donors (Lipinski definition) is 0. The van der Waals surface area contributed by atoms with E-state index in [-0.39, 0.29) is 19.2 Å². The van der Waals surface area contributed by atoms with Crippen LogP contribution in [0, 0.1) is 0 Å². The highest BCUT2D eigenvalue weighted by molar-refractivity contribution is 9.10. The third kappa shape index (κ3) is 2.94. The molecule has 2 aromatic carbocycles. The third-order valence-electron chi connectivity index (χ3n) is 5.34. The number of anilines is 1. The first kappa shape index (κ1) is 18.9. The van der Waals surface area contributed by atoms with Gasteiger partial charge in [0.25, 0.3) is 11.8 Å². The lowest BCUT2D eigenvalue weighted by Crippen LogP contribution is -2.39. The first-order valence-electron chi connectivity index (χ1n) is 9.62. The summed E-state index contributed by atoms with van der Waals surface area (Å²) in [5, 5.41) is 13.4. The minimum atomic E-state index is -0.901. The molecular weight excluding hydrogens is 484 g/mol. The molecule has 2 atom stereocenters. The van der Waals surface area contributed by atoms with Crippen molar-refractivity contribution < 1.29 is 23.6 Å². The van der Waals surface area contributed by atoms with E-state index in [1.54, 1.807) is 42.5 Å². The van der Waals surface area contributed by atoms with Gasteiger partial charge in [0.15, 0.2) is 23.6 Å². The van der Waals surface area contributed by atoms with Crippen LogP contribution in [0.25, 0.3) is 11.4 Å². The van der Waals surface area contributed by atoms with E-state index in [9.17, 15) is 9.59 Å². The van der Waals surface area contributed by atoms with E-state index < -0.39 is 23.9 Å². The lowest BCUT2D eigenvalue weighted by Gasteiger charge is -2.19. The zero-order valence-corrected chi connectivity index (χ0v) is 17.8. The number of fused-ring (bicyclic) bond motifs is 2. The van der Waals surface area contributed by atoms with Crippen molar-refractivity contribution in [3.05, 3.63) is 52.8 Å². The van der Waals surface area contributed by atoms with E-state index >= 15 is 0 Å². The summed E-state index contributed by atoms with van der Waals surface area (Å²) in [6.45, 7) is 0.207. The summed E-state index contributed by atoms with van der Waals surface area (Å²) in [5.41, 5.74) is 1.18. The summed E-state index contributed by atoms with van der Waals surface area (Å²) in [5.74, 6) is 1.03. The summed E-state index contributed by atoms with van der Waals surface area (Å²) < 4.78 is 16.9. The van der Waals surface area contributed by atoms with Crippen molar-refractivity contribution in [3.63, 3.8) is 0 Å². The van der Waals surface area contributed by atoms with E-state index in [4.69, 9.17) is 14.0 Å². The van der Waals surface area contributed by atoms with Gasteiger partial charge in [-0.05, 0) is 42.5 Å². The van der Waals surface area contributed by atoms with Crippen LogP contribution in [0.15, 0.2) is 61.8 Å². The van der Waals surface area contributed by atoms with Gasteiger partial charge in [0, 0.05) is 10.0 Å². The van der Waals surface area contributed by atoms with Gasteiger partial charge in [0.05, 0.1) is 5.69 Å². The van der Waals surface area contributed by atoms with Crippen molar-refractivity contribution >= 4 is 33.4 Å². The number of ether oxygens (including phenoxy) is 2. The predicted octanol–water partition coefficient (Wildman–Crippen LogP) is 2.72. The van der Waals surface area contributed by atoms with Gasteiger partial charge in [-0.25, -0.2) is 4.90 Å². The van der Waals surface area contributed by atoms with Crippen molar-refractivity contribution in [3.8, 4) is 22.9 Å². The molecule has 0 radical (unpaired) electrons. The van der Waals surface area contributed by atoms with Crippen LogP contribution in [0.3, 0.4) is 0 Å². The fraction of sp³-hybridized carbons (Fsp3) is 0.200. The maximum absolute atomic E-state index is 13.1. The van der Waals surface area contributed by atoms with E-state index in [2.05, 4.69) is 36.4 Å². The molecule has 1 saturated heterocycles. The maximum atomic E-state index is 13.1. The Morgan fingerprint density at radius 3 is 2.69 bits per heavy atom. The Kier molecular flexibility index (Phi) is 4.21. The second-order valence-corrected chi connectivity index (χ2v) is 8.18. The first-order chi connectivity index (χ1) is 15.6. The fourth-order valence-electron chi connectivity index (χ4n) is 3.81. The largest absolute Gasteiger partial charge is 0.454 e. The predicted molar refractivity (Wildman–Crippen MR) is 110 cm³/mol. The van der Waals surface area contributed by atoms with Gasteiger partial charge in [-0.15, -0.1) is 0 Å². The first-order valence-corrected chi connectivity index (χ1v) is 10.4. The maximum Gasteiger partial charge on any atom is 0.263 e. The number of hydrogen-bond acceptors (Lipinski definition) is 10. The lowest BCUT2D eigenvalue weighted by molar-refractivity contribution is -0.123. The molecular formula is C20H13BrN6O5. The van der Waals surface area contributed by atoms with Gasteiger partial charge in [-0.1, -0.05) is 26.3 Å². The third-order valence-corrected chi connectivity index (χ3v) is 5.87. The normalized spacial score (nSPS) is 21.0. The average molecular weight is 497 g/mol. The minimum Gasteiger partial charge on any atom is -0.454 e. The van der Waals surface area contributed by atoms with E-state index in [1.165, 1.54) is 5.01 Å². The molecule has 6 rings (SSSR count). The van der Waals surface area contributed by atoms with Crippen molar-refractivity contribution in [2.75, 3.05) is 11.7 Å². The van der Waals surface area contributed by atoms with Crippen molar-refractivity contribution in [2.24, 2.45) is 10.3 Å². The number of benzene rings is 2. The number of carbonyl (C=O) groups excluding carboxylic acids is 2. The molecule has 0 bridgehead atoms. The molecule has 0 N–H and O–H groups in total. The highest BCUT2D eigenvalue weighted by Crippen LogP contribution is 2.36. The standard InChI is InChI=1S/C20H13BrN6O5/c21-11-2-4-12(5-3-11)27-19(28)16-17(20(27)29)26(25-23-16)8-15-22-18(24-32-15)10-1-6-13-14(7-10)31-9-30-13/h1-7,16-17H,8-9H2. The SMILES string of the molecule is O=C1C2N=NN(Cc3nc(-c4ccc5c(c4)OCO5)no3)C2C(=O)N1c1ccc(Br)cc1. The monoisotopic (exact) mass is 496 g/mol. The van der Waals surface area contributed by atoms with Crippen molar-refractivity contribution in [1.82, 2.24) is 15.1 Å². The Labute approximate surface area is 188 Å². The Bertz CT molecular complexity index is 1280. The van der Waals surface area contributed by atoms with Crippen LogP contribution in [0.5, 0.6) is 11.5 Å². The molecule has 4 heterocycles. The van der Waals surface area contributed by atoms with E-state index in [0.717, 1.165) is 9.37 Å². The molecule has 32 heavy (non-hydrogen) atoms. The topological polar surface area (TPSA) is 123 Å². The summed E-state index contributed by atoms with van der Waals surface area (Å²) in [4.78, 5) is 31.4.